The van der Waals surface area contributed by atoms with Gasteiger partial charge in [0.25, 0.3) is 0 Å². The van der Waals surface area contributed by atoms with Gasteiger partial charge in [-0.25, -0.2) is 4.98 Å². The molecule has 1 heterocycles. The van der Waals surface area contributed by atoms with Crippen molar-refractivity contribution in [2.24, 2.45) is 66.9 Å². The Morgan fingerprint density at radius 1 is 0.431 bits per heavy atom. The van der Waals surface area contributed by atoms with Crippen molar-refractivity contribution in [3.05, 3.63) is 114 Å². The van der Waals surface area contributed by atoms with Crippen molar-refractivity contribution in [2.75, 3.05) is 32.8 Å². The SMILES string of the molecule is CC[C@H](C)C(NC(=O)[C@H](CCCN=C(N)N)NC(=O)[C@H](NC(=O)[C@H](Cc1ccccc1)NC(=O)[C@H](Cc1ccc(O)cc1)NC(=O)[C@H](CCCN=C(N)N)NC(C)=O)C(C)C)C(=O)N[C@@H](CCCN)C(=O)N[C@@H](Cc1ccc(O)cc1)C(=O)N[C@@H](CCCN=C(N)N)C(=O)NC(Cc1cnc[nH]1)C(=O)N[C@H](C)CO. The second-order valence-corrected chi connectivity index (χ2v) is 26.9. The standard InChI is InChI=1S/C72H111N23O14/c1-7-41(4)59(69(109)89-51(17-11-29-73)61(101)91-54(34-45-21-25-48(98)26-22-45)65(105)87-52(19-13-31-82-71(76)77)62(102)93-57(36-47-37-80-39-84-47)64(104)85-42(5)38-96)95-63(103)53(20-14-32-83-72(78)79)88-68(108)58(40(2)3)94-67(107)56(33-44-15-9-8-10-16-44)92-66(106)55(35-46-23-27-49(99)28-24-46)90-60(100)50(86-43(6)97)18-12-30-81-70(74)75/h8-10,15-16,21-28,37,39-42,50-59,96,98-99H,7,11-14,17-20,29-36,38,73H2,1-6H3,(H,80,84)(H,85,104)(H,86,97)(H,87,105)(H,88,108)(H,89,109)(H,90,100)(H,91,101)(H,92,106)(H,93,102)(H,94,107)(H,95,103)(H4,74,75,81)(H4,76,77,82)(H4,78,79,83)/t41-,42+,50-,51-,52-,53-,54-,55-,56-,57?,58+,59?/m0/s1. The van der Waals surface area contributed by atoms with Crippen molar-refractivity contribution in [3.8, 4) is 11.5 Å². The Balaban J connectivity index is 1.68. The first-order valence-electron chi connectivity index (χ1n) is 36.2. The number of aliphatic hydroxyl groups excluding tert-OH is 1. The van der Waals surface area contributed by atoms with E-state index < -0.39 is 150 Å². The summed E-state index contributed by atoms with van der Waals surface area (Å²) in [4.78, 5) is 177. The molecule has 1 aromatic heterocycles. The number of nitrogens with zero attached hydrogens (tertiary/aromatic N) is 4. The number of aliphatic imine (C=N–C) groups is 3. The van der Waals surface area contributed by atoms with E-state index >= 15 is 0 Å². The van der Waals surface area contributed by atoms with E-state index in [2.05, 4.69) is 83.4 Å². The Bertz CT molecular complexity index is 3670. The van der Waals surface area contributed by atoms with Gasteiger partial charge < -0.3 is 119 Å². The van der Waals surface area contributed by atoms with Gasteiger partial charge in [-0.05, 0) is 118 Å². The van der Waals surface area contributed by atoms with Crippen LogP contribution in [0.3, 0.4) is 0 Å². The number of phenols is 2. The lowest BCUT2D eigenvalue weighted by atomic mass is 9.96. The van der Waals surface area contributed by atoms with Crippen molar-refractivity contribution < 1.29 is 68.1 Å². The first kappa shape index (κ1) is 89.8. The first-order chi connectivity index (χ1) is 51.8. The predicted octanol–water partition coefficient (Wildman–Crippen LogP) is -3.94. The summed E-state index contributed by atoms with van der Waals surface area (Å²) >= 11 is 0. The molecule has 4 aromatic rings. The molecule has 3 aromatic carbocycles. The highest BCUT2D eigenvalue weighted by molar-refractivity contribution is 5.99. The molecule has 0 spiro atoms. The molecule has 37 heteroatoms. The van der Waals surface area contributed by atoms with E-state index in [9.17, 15) is 68.1 Å². The van der Waals surface area contributed by atoms with Crippen LogP contribution in [0.25, 0.3) is 0 Å². The van der Waals surface area contributed by atoms with Crippen LogP contribution in [0.4, 0.5) is 0 Å². The van der Waals surface area contributed by atoms with Crippen molar-refractivity contribution in [3.63, 3.8) is 0 Å². The fourth-order valence-electron chi connectivity index (χ4n) is 11.2. The fourth-order valence-corrected chi connectivity index (χ4v) is 11.2. The van der Waals surface area contributed by atoms with E-state index in [-0.39, 0.29) is 139 Å². The van der Waals surface area contributed by atoms with Gasteiger partial charge in [0, 0.05) is 70.2 Å². The smallest absolute Gasteiger partial charge is 0.243 e. The Morgan fingerprint density at radius 3 is 1.15 bits per heavy atom. The zero-order valence-corrected chi connectivity index (χ0v) is 62.6. The Kier molecular flexibility index (Phi) is 38.8. The number of aromatic hydroxyl groups is 2. The number of aromatic amines is 1. The molecule has 0 saturated heterocycles. The number of rotatable bonds is 48. The summed E-state index contributed by atoms with van der Waals surface area (Å²) < 4.78 is 0. The molecule has 2 unspecified atom stereocenters. The lowest BCUT2D eigenvalue weighted by molar-refractivity contribution is -0.137. The lowest BCUT2D eigenvalue weighted by Gasteiger charge is -2.30. The third kappa shape index (κ3) is 33.4. The molecule has 29 N–H and O–H groups in total. The molecule has 0 radical (unpaired) electrons. The Labute approximate surface area is 633 Å². The van der Waals surface area contributed by atoms with Gasteiger partial charge in [-0.2, -0.15) is 0 Å². The molecule has 0 bridgehead atoms. The summed E-state index contributed by atoms with van der Waals surface area (Å²) in [5, 5.41) is 59.9. The van der Waals surface area contributed by atoms with Crippen LogP contribution in [0.1, 0.15) is 122 Å². The lowest BCUT2D eigenvalue weighted by Crippen LogP contribution is -2.62. The number of hydrogen-bond donors (Lipinski definition) is 22. The third-order valence-corrected chi connectivity index (χ3v) is 17.4. The summed E-state index contributed by atoms with van der Waals surface area (Å²) in [6.07, 6.45) is 2.81. The number of H-pyrrole nitrogens is 1. The molecule has 598 valence electrons. The number of carbonyl (C=O) groups is 11. The average molecular weight is 1520 g/mol. The monoisotopic (exact) mass is 1520 g/mol. The van der Waals surface area contributed by atoms with Gasteiger partial charge in [0.05, 0.1) is 12.9 Å². The Hall–Kier alpha value is -11.6. The molecule has 0 aliphatic rings. The van der Waals surface area contributed by atoms with E-state index in [1.165, 1.54) is 68.0 Å². The quantitative estimate of drug-likeness (QED) is 0.0114. The van der Waals surface area contributed by atoms with Crippen LogP contribution in [0, 0.1) is 11.8 Å². The number of nitrogens with two attached hydrogens (primary N) is 7. The van der Waals surface area contributed by atoms with Crippen molar-refractivity contribution in [1.29, 1.82) is 0 Å². The van der Waals surface area contributed by atoms with Crippen LogP contribution < -0.4 is 98.6 Å². The van der Waals surface area contributed by atoms with E-state index in [0.717, 1.165) is 0 Å². The minimum absolute atomic E-state index is 0.0155. The van der Waals surface area contributed by atoms with Gasteiger partial charge in [-0.3, -0.25) is 67.7 Å². The van der Waals surface area contributed by atoms with Gasteiger partial charge in [0.15, 0.2) is 17.9 Å². The minimum atomic E-state index is -1.51. The first-order valence-corrected chi connectivity index (χ1v) is 36.2. The van der Waals surface area contributed by atoms with Crippen LogP contribution in [-0.2, 0) is 78.4 Å². The number of aliphatic hydroxyl groups is 1. The zero-order valence-electron chi connectivity index (χ0n) is 62.6. The topological polar surface area (TPSA) is 629 Å². The summed E-state index contributed by atoms with van der Waals surface area (Å²) in [7, 11) is 0. The van der Waals surface area contributed by atoms with Crippen LogP contribution in [0.5, 0.6) is 11.5 Å². The molecule has 0 aliphatic heterocycles. The molecule has 37 nitrogen and oxygen atoms in total. The summed E-state index contributed by atoms with van der Waals surface area (Å²) in [6.45, 7) is 9.17. The number of imidazole rings is 1. The Morgan fingerprint density at radius 2 is 0.771 bits per heavy atom. The van der Waals surface area contributed by atoms with Crippen molar-refractivity contribution in [2.45, 2.75) is 191 Å². The number of benzene rings is 3. The van der Waals surface area contributed by atoms with Crippen LogP contribution in [0.2, 0.25) is 0 Å². The number of amides is 11. The zero-order chi connectivity index (χ0) is 80.7. The van der Waals surface area contributed by atoms with Crippen molar-refractivity contribution in [1.82, 2.24) is 68.5 Å². The highest BCUT2D eigenvalue weighted by atomic mass is 16.3. The van der Waals surface area contributed by atoms with E-state index in [1.807, 2.05) is 0 Å². The van der Waals surface area contributed by atoms with Gasteiger partial charge in [0.2, 0.25) is 65.0 Å². The second-order valence-electron chi connectivity index (χ2n) is 26.9. The summed E-state index contributed by atoms with van der Waals surface area (Å²) in [5.74, 6) is -11.1. The molecular weight excluding hydrogens is 1410 g/mol. The van der Waals surface area contributed by atoms with Crippen molar-refractivity contribution >= 4 is 82.9 Å². The normalized spacial score (nSPS) is 14.3. The number of carbonyl (C=O) groups excluding carboxylic acids is 11. The van der Waals surface area contributed by atoms with E-state index in [1.54, 1.807) is 65.0 Å². The number of aromatic nitrogens is 2. The highest BCUT2D eigenvalue weighted by Crippen LogP contribution is 2.18. The van der Waals surface area contributed by atoms with Crippen LogP contribution in [0.15, 0.2) is 106 Å². The van der Waals surface area contributed by atoms with E-state index in [0.29, 0.717) is 22.4 Å². The minimum Gasteiger partial charge on any atom is -0.508 e. The third-order valence-electron chi connectivity index (χ3n) is 17.4. The van der Waals surface area contributed by atoms with Crippen LogP contribution >= 0.6 is 0 Å². The molecular formula is C72H111N23O14. The molecule has 0 fully saturated rings. The number of phenolic OH excluding ortho intramolecular Hbond substituents is 2. The molecule has 4 rings (SSSR count). The number of hydrogen-bond acceptors (Lipinski definition) is 19. The van der Waals surface area contributed by atoms with Crippen LogP contribution in [-0.4, -0.2) is 207 Å². The average Bonchev–Trinajstić information content (AvgIpc) is 1.04. The predicted molar refractivity (Wildman–Crippen MR) is 408 cm³/mol. The van der Waals surface area contributed by atoms with Gasteiger partial charge in [-0.15, -0.1) is 0 Å². The maximum absolute atomic E-state index is 14.9. The summed E-state index contributed by atoms with van der Waals surface area (Å²) in [6, 6.07) is 5.53. The maximum Gasteiger partial charge on any atom is 0.243 e. The van der Waals surface area contributed by atoms with Gasteiger partial charge >= 0.3 is 0 Å². The highest BCUT2D eigenvalue weighted by Gasteiger charge is 2.38. The number of guanidine groups is 3. The molecule has 11 amide bonds. The number of nitrogens with one attached hydrogen (secondary N) is 12. The van der Waals surface area contributed by atoms with E-state index in [4.69, 9.17) is 40.1 Å². The maximum atomic E-state index is 14.9. The fraction of sp³-hybridized carbons (Fsp3) is 0.514. The second kappa shape index (κ2) is 47.1. The molecule has 0 saturated carbocycles. The largest absolute Gasteiger partial charge is 0.508 e. The molecule has 12 atom stereocenters. The van der Waals surface area contributed by atoms with Gasteiger partial charge in [0.1, 0.15) is 71.9 Å². The molecule has 109 heavy (non-hydrogen) atoms. The molecule has 0 aliphatic carbocycles. The van der Waals surface area contributed by atoms with Gasteiger partial charge in [-0.1, -0.05) is 88.7 Å². The summed E-state index contributed by atoms with van der Waals surface area (Å²) in [5.41, 5.74) is 41.4.